The average Bonchev–Trinajstić information content (AvgIpc) is 2.34. The monoisotopic (exact) mass is 274 g/mol. The molecule has 0 spiro atoms. The van der Waals surface area contributed by atoms with E-state index in [1.54, 1.807) is 36.2 Å². The molecular weight excluding hydrogens is 256 g/mol. The van der Waals surface area contributed by atoms with Crippen molar-refractivity contribution >= 4 is 23.8 Å². The molecule has 1 saturated carbocycles. The number of nitrogens with zero attached hydrogens (tertiary/aromatic N) is 1. The van der Waals surface area contributed by atoms with Crippen molar-refractivity contribution in [2.45, 2.75) is 25.3 Å². The Morgan fingerprint density at radius 2 is 2.15 bits per heavy atom. The fraction of sp³-hybridized carbons (Fsp3) is 0.333. The molecule has 0 aliphatic heterocycles. The molecule has 2 amide bonds. The lowest BCUT2D eigenvalue weighted by atomic mass is 9.92. The predicted octanol–water partition coefficient (Wildman–Crippen LogP) is 2.80. The van der Waals surface area contributed by atoms with Crippen LogP contribution in [0.5, 0.6) is 0 Å². The standard InChI is InChI=1S/C15H18N2O3/c1-17(13-6-3-7-13)15(20)16-12-5-2-4-11(10-12)8-9-14(18)19/h2,4-5,8-10,13H,3,6-7H2,1H3,(H,16,20)(H,18,19)/b9-8+. The van der Waals surface area contributed by atoms with E-state index in [1.165, 1.54) is 12.5 Å². The summed E-state index contributed by atoms with van der Waals surface area (Å²) in [5.74, 6) is -0.996. The molecule has 0 radical (unpaired) electrons. The highest BCUT2D eigenvalue weighted by Gasteiger charge is 2.25. The van der Waals surface area contributed by atoms with Crippen molar-refractivity contribution in [3.63, 3.8) is 0 Å². The molecule has 106 valence electrons. The highest BCUT2D eigenvalue weighted by Crippen LogP contribution is 2.24. The lowest BCUT2D eigenvalue weighted by molar-refractivity contribution is -0.131. The highest BCUT2D eigenvalue weighted by atomic mass is 16.4. The topological polar surface area (TPSA) is 69.6 Å². The van der Waals surface area contributed by atoms with Crippen molar-refractivity contribution in [1.29, 1.82) is 0 Å². The predicted molar refractivity (Wildman–Crippen MR) is 77.5 cm³/mol. The van der Waals surface area contributed by atoms with Crippen molar-refractivity contribution in [1.82, 2.24) is 4.90 Å². The van der Waals surface area contributed by atoms with Crippen LogP contribution in [0.1, 0.15) is 24.8 Å². The quantitative estimate of drug-likeness (QED) is 0.829. The summed E-state index contributed by atoms with van der Waals surface area (Å²) in [6, 6.07) is 7.29. The van der Waals surface area contributed by atoms with Crippen molar-refractivity contribution in [2.24, 2.45) is 0 Å². The summed E-state index contributed by atoms with van der Waals surface area (Å²) in [6.07, 6.45) is 5.86. The SMILES string of the molecule is CN(C(=O)Nc1cccc(/C=C/C(=O)O)c1)C1CCC1. The number of rotatable bonds is 4. The van der Waals surface area contributed by atoms with Crippen LogP contribution in [0, 0.1) is 0 Å². The zero-order chi connectivity index (χ0) is 14.5. The van der Waals surface area contributed by atoms with Gasteiger partial charge in [0.15, 0.2) is 0 Å². The van der Waals surface area contributed by atoms with Crippen LogP contribution in [0.4, 0.5) is 10.5 Å². The molecule has 20 heavy (non-hydrogen) atoms. The Labute approximate surface area is 117 Å². The van der Waals surface area contributed by atoms with Crippen LogP contribution in [0.25, 0.3) is 6.08 Å². The third kappa shape index (κ3) is 3.60. The molecule has 1 aliphatic carbocycles. The van der Waals surface area contributed by atoms with Crippen LogP contribution in [-0.2, 0) is 4.79 Å². The second kappa shape index (κ2) is 6.23. The normalized spacial score (nSPS) is 14.8. The van der Waals surface area contributed by atoms with E-state index in [0.29, 0.717) is 11.7 Å². The highest BCUT2D eigenvalue weighted by molar-refractivity contribution is 5.90. The van der Waals surface area contributed by atoms with Crippen molar-refractivity contribution in [3.05, 3.63) is 35.9 Å². The molecule has 0 saturated heterocycles. The Morgan fingerprint density at radius 3 is 2.75 bits per heavy atom. The lowest BCUT2D eigenvalue weighted by Crippen LogP contribution is -2.43. The van der Waals surface area contributed by atoms with Crippen molar-refractivity contribution < 1.29 is 14.7 Å². The van der Waals surface area contributed by atoms with Gasteiger partial charge in [-0.3, -0.25) is 0 Å². The molecule has 1 fully saturated rings. The van der Waals surface area contributed by atoms with Crippen LogP contribution >= 0.6 is 0 Å². The first-order valence-electron chi connectivity index (χ1n) is 6.61. The van der Waals surface area contributed by atoms with Gasteiger partial charge in [-0.15, -0.1) is 0 Å². The maximum Gasteiger partial charge on any atom is 0.328 e. The van der Waals surface area contributed by atoms with Gasteiger partial charge in [0.1, 0.15) is 0 Å². The number of hydrogen-bond donors (Lipinski definition) is 2. The minimum atomic E-state index is -0.996. The molecule has 0 aromatic heterocycles. The Morgan fingerprint density at radius 1 is 1.40 bits per heavy atom. The molecule has 5 nitrogen and oxygen atoms in total. The number of carboxylic acids is 1. The zero-order valence-corrected chi connectivity index (χ0v) is 11.4. The number of carbonyl (C=O) groups excluding carboxylic acids is 1. The number of carboxylic acid groups (broad SMARTS) is 1. The van der Waals surface area contributed by atoms with Crippen LogP contribution in [0.3, 0.4) is 0 Å². The summed E-state index contributed by atoms with van der Waals surface area (Å²) in [5.41, 5.74) is 1.39. The summed E-state index contributed by atoms with van der Waals surface area (Å²) >= 11 is 0. The number of nitrogens with one attached hydrogen (secondary N) is 1. The molecule has 1 aromatic rings. The van der Waals surface area contributed by atoms with Gasteiger partial charge in [0.2, 0.25) is 0 Å². The number of carbonyl (C=O) groups is 2. The minimum Gasteiger partial charge on any atom is -0.478 e. The molecule has 0 heterocycles. The third-order valence-corrected chi connectivity index (χ3v) is 3.50. The fourth-order valence-corrected chi connectivity index (χ4v) is 2.04. The number of urea groups is 1. The average molecular weight is 274 g/mol. The van der Waals surface area contributed by atoms with E-state index in [1.807, 2.05) is 0 Å². The summed E-state index contributed by atoms with van der Waals surface area (Å²) in [5, 5.41) is 11.4. The summed E-state index contributed by atoms with van der Waals surface area (Å²) in [6.45, 7) is 0. The van der Waals surface area contributed by atoms with E-state index in [2.05, 4.69) is 5.32 Å². The maximum absolute atomic E-state index is 12.0. The number of aliphatic carboxylic acids is 1. The van der Waals surface area contributed by atoms with E-state index in [0.717, 1.165) is 24.5 Å². The van der Waals surface area contributed by atoms with Crippen molar-refractivity contribution in [3.8, 4) is 0 Å². The Hall–Kier alpha value is -2.30. The molecular formula is C15H18N2O3. The van der Waals surface area contributed by atoms with Crippen molar-refractivity contribution in [2.75, 3.05) is 12.4 Å². The zero-order valence-electron chi connectivity index (χ0n) is 11.4. The number of anilines is 1. The first kappa shape index (κ1) is 14.1. The maximum atomic E-state index is 12.0. The van der Waals surface area contributed by atoms with Crippen LogP contribution < -0.4 is 5.32 Å². The van der Waals surface area contributed by atoms with E-state index < -0.39 is 5.97 Å². The smallest absolute Gasteiger partial charge is 0.328 e. The van der Waals surface area contributed by atoms with Gasteiger partial charge in [0.05, 0.1) is 0 Å². The van der Waals surface area contributed by atoms with E-state index in [9.17, 15) is 9.59 Å². The van der Waals surface area contributed by atoms with Crippen LogP contribution in [-0.4, -0.2) is 35.1 Å². The number of benzene rings is 1. The van der Waals surface area contributed by atoms with Gasteiger partial charge in [0.25, 0.3) is 0 Å². The van der Waals surface area contributed by atoms with Gasteiger partial charge in [-0.1, -0.05) is 12.1 Å². The number of hydrogen-bond acceptors (Lipinski definition) is 2. The van der Waals surface area contributed by atoms with Gasteiger partial charge >= 0.3 is 12.0 Å². The molecule has 0 unspecified atom stereocenters. The first-order chi connectivity index (χ1) is 9.56. The van der Waals surface area contributed by atoms with E-state index in [4.69, 9.17) is 5.11 Å². The largest absolute Gasteiger partial charge is 0.478 e. The summed E-state index contributed by atoms with van der Waals surface area (Å²) < 4.78 is 0. The molecule has 1 aromatic carbocycles. The minimum absolute atomic E-state index is 0.130. The van der Waals surface area contributed by atoms with Gasteiger partial charge in [0, 0.05) is 24.9 Å². The Balaban J connectivity index is 2.00. The van der Waals surface area contributed by atoms with Gasteiger partial charge in [-0.05, 0) is 43.0 Å². The second-order valence-electron chi connectivity index (χ2n) is 4.92. The second-order valence-corrected chi connectivity index (χ2v) is 4.92. The van der Waals surface area contributed by atoms with Gasteiger partial charge in [-0.2, -0.15) is 0 Å². The van der Waals surface area contributed by atoms with E-state index in [-0.39, 0.29) is 6.03 Å². The summed E-state index contributed by atoms with van der Waals surface area (Å²) in [4.78, 5) is 24.2. The lowest BCUT2D eigenvalue weighted by Gasteiger charge is -2.34. The van der Waals surface area contributed by atoms with Crippen LogP contribution in [0.15, 0.2) is 30.3 Å². The molecule has 2 N–H and O–H groups in total. The van der Waals surface area contributed by atoms with Crippen LogP contribution in [0.2, 0.25) is 0 Å². The molecule has 2 rings (SSSR count). The Kier molecular flexibility index (Phi) is 4.40. The first-order valence-corrected chi connectivity index (χ1v) is 6.61. The Bertz CT molecular complexity index is 536. The molecule has 0 atom stereocenters. The van der Waals surface area contributed by atoms with E-state index >= 15 is 0 Å². The number of amides is 2. The van der Waals surface area contributed by atoms with Gasteiger partial charge < -0.3 is 15.3 Å². The molecule has 5 heteroatoms. The summed E-state index contributed by atoms with van der Waals surface area (Å²) in [7, 11) is 1.80. The molecule has 0 bridgehead atoms. The molecule has 1 aliphatic rings. The third-order valence-electron chi connectivity index (χ3n) is 3.50. The van der Waals surface area contributed by atoms with Gasteiger partial charge in [-0.25, -0.2) is 9.59 Å². The fourth-order valence-electron chi connectivity index (χ4n) is 2.04.